The fourth-order valence-corrected chi connectivity index (χ4v) is 4.62. The molecular formula is C15H23ClN2O2S. The third-order valence-electron chi connectivity index (χ3n) is 4.13. The number of hydrogen-bond donors (Lipinski definition) is 2. The zero-order valence-corrected chi connectivity index (χ0v) is 13.9. The van der Waals surface area contributed by atoms with Crippen molar-refractivity contribution in [3.63, 3.8) is 0 Å². The summed E-state index contributed by atoms with van der Waals surface area (Å²) >= 11 is 5.81. The molecule has 4 nitrogen and oxygen atoms in total. The summed E-state index contributed by atoms with van der Waals surface area (Å²) in [5.74, 6) is 0.747. The van der Waals surface area contributed by atoms with E-state index in [2.05, 4.69) is 11.6 Å². The van der Waals surface area contributed by atoms with Crippen molar-refractivity contribution in [2.45, 2.75) is 56.4 Å². The first-order chi connectivity index (χ1) is 9.92. The van der Waals surface area contributed by atoms with Gasteiger partial charge < -0.3 is 5.73 Å². The Bertz CT molecular complexity index is 581. The van der Waals surface area contributed by atoms with Crippen LogP contribution in [0.15, 0.2) is 23.1 Å². The Hall–Kier alpha value is -0.780. The molecule has 0 amide bonds. The number of nitrogen functional groups attached to an aromatic ring is 1. The Morgan fingerprint density at radius 2 is 1.95 bits per heavy atom. The van der Waals surface area contributed by atoms with E-state index in [4.69, 9.17) is 17.3 Å². The van der Waals surface area contributed by atoms with Crippen LogP contribution in [0.25, 0.3) is 0 Å². The third-order valence-corrected chi connectivity index (χ3v) is 5.96. The lowest BCUT2D eigenvalue weighted by Crippen LogP contribution is -2.37. The first-order valence-corrected chi connectivity index (χ1v) is 9.36. The Kier molecular flexibility index (Phi) is 5.52. The van der Waals surface area contributed by atoms with Gasteiger partial charge in [0, 0.05) is 11.1 Å². The van der Waals surface area contributed by atoms with Crippen molar-refractivity contribution in [3.8, 4) is 0 Å². The van der Waals surface area contributed by atoms with Gasteiger partial charge in [0.15, 0.2) is 0 Å². The second-order valence-electron chi connectivity index (χ2n) is 5.81. The zero-order valence-electron chi connectivity index (χ0n) is 12.3. The van der Waals surface area contributed by atoms with Crippen LogP contribution in [-0.4, -0.2) is 14.5 Å². The number of anilines is 1. The van der Waals surface area contributed by atoms with Gasteiger partial charge in [-0.15, -0.1) is 0 Å². The van der Waals surface area contributed by atoms with Crippen LogP contribution in [0.5, 0.6) is 0 Å². The molecule has 21 heavy (non-hydrogen) atoms. The zero-order chi connectivity index (χ0) is 15.5. The van der Waals surface area contributed by atoms with Crippen molar-refractivity contribution >= 4 is 27.3 Å². The van der Waals surface area contributed by atoms with Gasteiger partial charge in [-0.1, -0.05) is 31.4 Å². The van der Waals surface area contributed by atoms with Crippen molar-refractivity contribution in [1.29, 1.82) is 0 Å². The highest BCUT2D eigenvalue weighted by molar-refractivity contribution is 7.89. The Labute approximate surface area is 132 Å². The maximum atomic E-state index is 12.4. The van der Waals surface area contributed by atoms with Gasteiger partial charge in [-0.2, -0.15) is 0 Å². The van der Waals surface area contributed by atoms with Crippen LogP contribution >= 0.6 is 11.6 Å². The van der Waals surface area contributed by atoms with Crippen LogP contribution in [0.2, 0.25) is 5.02 Å². The Morgan fingerprint density at radius 1 is 1.29 bits per heavy atom. The van der Waals surface area contributed by atoms with Crippen LogP contribution in [0.4, 0.5) is 5.69 Å². The van der Waals surface area contributed by atoms with Crippen molar-refractivity contribution in [3.05, 3.63) is 23.2 Å². The highest BCUT2D eigenvalue weighted by atomic mass is 35.5. The van der Waals surface area contributed by atoms with Crippen LogP contribution in [0.3, 0.4) is 0 Å². The molecule has 0 unspecified atom stereocenters. The van der Waals surface area contributed by atoms with Gasteiger partial charge in [0.1, 0.15) is 4.90 Å². The molecule has 3 N–H and O–H groups in total. The second-order valence-corrected chi connectivity index (χ2v) is 7.93. The van der Waals surface area contributed by atoms with Gasteiger partial charge in [0.05, 0.1) is 5.69 Å². The highest BCUT2D eigenvalue weighted by Crippen LogP contribution is 2.29. The predicted molar refractivity (Wildman–Crippen MR) is 86.8 cm³/mol. The van der Waals surface area contributed by atoms with Crippen LogP contribution in [0, 0.1) is 5.92 Å². The van der Waals surface area contributed by atoms with Gasteiger partial charge in [-0.05, 0) is 49.8 Å². The van der Waals surface area contributed by atoms with E-state index in [1.165, 1.54) is 25.0 Å². The summed E-state index contributed by atoms with van der Waals surface area (Å²) in [5.41, 5.74) is 5.96. The number of rotatable bonds is 5. The normalized spacial score (nSPS) is 23.1. The fraction of sp³-hybridized carbons (Fsp3) is 0.600. The largest absolute Gasteiger partial charge is 0.398 e. The summed E-state index contributed by atoms with van der Waals surface area (Å²) in [4.78, 5) is 0.114. The lowest BCUT2D eigenvalue weighted by Gasteiger charge is -2.28. The van der Waals surface area contributed by atoms with Crippen molar-refractivity contribution in [1.82, 2.24) is 4.72 Å². The molecule has 0 saturated heterocycles. The minimum absolute atomic E-state index is 0.0122. The number of hydrogen-bond acceptors (Lipinski definition) is 3. The first kappa shape index (κ1) is 16.6. The molecule has 0 aromatic heterocycles. The fourth-order valence-electron chi connectivity index (χ4n) is 3.02. The van der Waals surface area contributed by atoms with Gasteiger partial charge in [0.2, 0.25) is 10.0 Å². The van der Waals surface area contributed by atoms with Crippen LogP contribution in [0.1, 0.15) is 45.4 Å². The number of sulfonamides is 1. The maximum absolute atomic E-state index is 12.4. The number of nitrogens with two attached hydrogens (primary N) is 1. The molecule has 0 heterocycles. The Morgan fingerprint density at radius 3 is 2.52 bits per heavy atom. The molecule has 0 spiro atoms. The van der Waals surface area contributed by atoms with E-state index in [9.17, 15) is 8.42 Å². The third kappa shape index (κ3) is 4.34. The molecule has 0 radical (unpaired) electrons. The summed E-state index contributed by atoms with van der Waals surface area (Å²) in [5, 5.41) is 0.437. The van der Waals surface area contributed by atoms with E-state index in [0.29, 0.717) is 5.02 Å². The predicted octanol–water partition coefficient (Wildman–Crippen LogP) is 3.56. The van der Waals surface area contributed by atoms with E-state index in [0.717, 1.165) is 31.6 Å². The molecule has 0 atom stereocenters. The van der Waals surface area contributed by atoms with E-state index in [1.807, 2.05) is 0 Å². The minimum atomic E-state index is -3.57. The highest BCUT2D eigenvalue weighted by Gasteiger charge is 2.26. The summed E-state index contributed by atoms with van der Waals surface area (Å²) < 4.78 is 27.6. The van der Waals surface area contributed by atoms with Crippen molar-refractivity contribution in [2.75, 3.05) is 5.73 Å². The minimum Gasteiger partial charge on any atom is -0.398 e. The van der Waals surface area contributed by atoms with Gasteiger partial charge in [-0.3, -0.25) is 0 Å². The quantitative estimate of drug-likeness (QED) is 0.811. The SMILES string of the molecule is CCCC1CCC(NS(=O)(=O)c2ccc(Cl)cc2N)CC1. The second kappa shape index (κ2) is 6.99. The topological polar surface area (TPSA) is 72.2 Å². The molecule has 6 heteroatoms. The van der Waals surface area contributed by atoms with Crippen LogP contribution in [-0.2, 0) is 10.0 Å². The Balaban J connectivity index is 2.02. The van der Waals surface area contributed by atoms with Gasteiger partial charge >= 0.3 is 0 Å². The van der Waals surface area contributed by atoms with E-state index in [-0.39, 0.29) is 16.6 Å². The molecule has 2 rings (SSSR count). The molecule has 1 saturated carbocycles. The summed E-state index contributed by atoms with van der Waals surface area (Å²) in [7, 11) is -3.57. The lowest BCUT2D eigenvalue weighted by atomic mass is 9.84. The molecule has 1 aliphatic rings. The molecule has 1 aliphatic carbocycles. The van der Waals surface area contributed by atoms with Gasteiger partial charge in [0.25, 0.3) is 0 Å². The monoisotopic (exact) mass is 330 g/mol. The first-order valence-electron chi connectivity index (χ1n) is 7.49. The number of nitrogens with one attached hydrogen (secondary N) is 1. The molecule has 1 fully saturated rings. The molecule has 0 aliphatic heterocycles. The molecule has 1 aromatic rings. The summed E-state index contributed by atoms with van der Waals surface area (Å²) in [6.07, 6.45) is 6.43. The number of halogens is 1. The molecular weight excluding hydrogens is 308 g/mol. The lowest BCUT2D eigenvalue weighted by molar-refractivity contribution is 0.297. The van der Waals surface area contributed by atoms with E-state index in [1.54, 1.807) is 6.07 Å². The maximum Gasteiger partial charge on any atom is 0.242 e. The summed E-state index contributed by atoms with van der Waals surface area (Å²) in [6.45, 7) is 2.19. The molecule has 118 valence electrons. The van der Waals surface area contributed by atoms with Gasteiger partial charge in [-0.25, -0.2) is 13.1 Å². The van der Waals surface area contributed by atoms with Crippen molar-refractivity contribution in [2.24, 2.45) is 5.92 Å². The van der Waals surface area contributed by atoms with Crippen LogP contribution < -0.4 is 10.5 Å². The average Bonchev–Trinajstić information content (AvgIpc) is 2.40. The van der Waals surface area contributed by atoms with E-state index < -0.39 is 10.0 Å². The number of benzene rings is 1. The van der Waals surface area contributed by atoms with Crippen molar-refractivity contribution < 1.29 is 8.42 Å². The molecule has 0 bridgehead atoms. The molecule has 1 aromatic carbocycles. The average molecular weight is 331 g/mol. The summed E-state index contributed by atoms with van der Waals surface area (Å²) in [6, 6.07) is 4.49. The standard InChI is InChI=1S/C15H23ClN2O2S/c1-2-3-11-4-7-13(8-5-11)18-21(19,20)15-9-6-12(16)10-14(15)17/h6,9-11,13,18H,2-5,7-8,17H2,1H3. The van der Waals surface area contributed by atoms with E-state index >= 15 is 0 Å². The smallest absolute Gasteiger partial charge is 0.242 e.